The molecular formula is C34H25BrN2O4. The van der Waals surface area contributed by atoms with Crippen LogP contribution in [0.1, 0.15) is 31.8 Å². The van der Waals surface area contributed by atoms with E-state index >= 15 is 0 Å². The fourth-order valence-corrected chi connectivity index (χ4v) is 7.10. The van der Waals surface area contributed by atoms with Crippen LogP contribution < -0.4 is 15.0 Å². The van der Waals surface area contributed by atoms with Gasteiger partial charge >= 0.3 is 0 Å². The van der Waals surface area contributed by atoms with Crippen molar-refractivity contribution in [3.8, 4) is 5.75 Å². The Labute approximate surface area is 245 Å². The number of benzene rings is 4. The number of methoxy groups -OCH3 is 1. The average Bonchev–Trinajstić information content (AvgIpc) is 3.49. The Morgan fingerprint density at radius 3 is 2.27 bits per heavy atom. The standard InChI is InChI=1S/C34H25BrN2O4/c1-41-24-17-12-21(13-18-24)31(38)29-30(32(39)22-10-15-23(35)16-11-22)37-27-9-5-2-6-20(27)14-19-28(37)34(29)25-7-3-4-8-26(25)36-33(34)40/h2-19,28-30H,1H3,(H,36,40)/t28-,29-,30+,34+/m1/s1. The van der Waals surface area contributed by atoms with Crippen LogP contribution in [0.2, 0.25) is 0 Å². The molecule has 0 radical (unpaired) electrons. The second-order valence-corrected chi connectivity index (χ2v) is 11.4. The summed E-state index contributed by atoms with van der Waals surface area (Å²) in [4.78, 5) is 45.8. The average molecular weight is 605 g/mol. The van der Waals surface area contributed by atoms with Gasteiger partial charge in [-0.05, 0) is 59.7 Å². The Kier molecular flexibility index (Phi) is 5.94. The van der Waals surface area contributed by atoms with Crippen LogP contribution >= 0.6 is 15.9 Å². The predicted octanol–water partition coefficient (Wildman–Crippen LogP) is 6.31. The summed E-state index contributed by atoms with van der Waals surface area (Å²) in [5.41, 5.74) is 2.68. The zero-order chi connectivity index (χ0) is 28.3. The fraction of sp³-hybridized carbons (Fsp3) is 0.147. The summed E-state index contributed by atoms with van der Waals surface area (Å²) in [6, 6.07) is 27.8. The zero-order valence-electron chi connectivity index (χ0n) is 22.1. The molecule has 3 aliphatic heterocycles. The van der Waals surface area contributed by atoms with Crippen molar-refractivity contribution in [2.45, 2.75) is 17.5 Å². The van der Waals surface area contributed by atoms with E-state index in [-0.39, 0.29) is 17.5 Å². The van der Waals surface area contributed by atoms with Gasteiger partial charge in [-0.15, -0.1) is 0 Å². The van der Waals surface area contributed by atoms with Crippen molar-refractivity contribution in [2.75, 3.05) is 17.3 Å². The second-order valence-electron chi connectivity index (χ2n) is 10.5. The van der Waals surface area contributed by atoms with Crippen molar-refractivity contribution in [1.29, 1.82) is 0 Å². The monoisotopic (exact) mass is 604 g/mol. The zero-order valence-corrected chi connectivity index (χ0v) is 23.7. The van der Waals surface area contributed by atoms with Gasteiger partial charge in [-0.3, -0.25) is 14.4 Å². The Hall–Kier alpha value is -4.49. The van der Waals surface area contributed by atoms with E-state index in [1.165, 1.54) is 0 Å². The summed E-state index contributed by atoms with van der Waals surface area (Å²) in [6.07, 6.45) is 3.97. The highest BCUT2D eigenvalue weighted by molar-refractivity contribution is 9.10. The summed E-state index contributed by atoms with van der Waals surface area (Å²) in [6.45, 7) is 0. The first-order valence-electron chi connectivity index (χ1n) is 13.4. The molecule has 0 bridgehead atoms. The Morgan fingerprint density at radius 1 is 0.854 bits per heavy atom. The number of ketones is 2. The Bertz CT molecular complexity index is 1750. The molecule has 4 aromatic carbocycles. The molecule has 4 aromatic rings. The van der Waals surface area contributed by atoms with E-state index in [0.29, 0.717) is 22.6 Å². The van der Waals surface area contributed by atoms with Crippen molar-refractivity contribution < 1.29 is 19.1 Å². The number of amides is 1. The molecule has 1 amide bonds. The van der Waals surface area contributed by atoms with Crippen LogP contribution in [-0.4, -0.2) is 36.7 Å². The maximum Gasteiger partial charge on any atom is 0.238 e. The molecular weight excluding hydrogens is 580 g/mol. The molecule has 7 heteroatoms. The maximum atomic E-state index is 14.8. The number of nitrogens with one attached hydrogen (secondary N) is 1. The van der Waals surface area contributed by atoms with E-state index in [2.05, 4.69) is 21.2 Å². The van der Waals surface area contributed by atoms with Gasteiger partial charge in [-0.25, -0.2) is 0 Å². The molecule has 202 valence electrons. The summed E-state index contributed by atoms with van der Waals surface area (Å²) in [5.74, 6) is -1.17. The first-order valence-corrected chi connectivity index (χ1v) is 14.2. The molecule has 6 nitrogen and oxygen atoms in total. The van der Waals surface area contributed by atoms with Gasteiger partial charge in [0.05, 0.1) is 19.1 Å². The first-order chi connectivity index (χ1) is 19.9. The molecule has 3 heterocycles. The number of fused-ring (bicyclic) bond motifs is 6. The van der Waals surface area contributed by atoms with Crippen molar-refractivity contribution in [3.63, 3.8) is 0 Å². The largest absolute Gasteiger partial charge is 0.497 e. The van der Waals surface area contributed by atoms with Crippen LogP contribution in [0.5, 0.6) is 5.75 Å². The lowest BCUT2D eigenvalue weighted by molar-refractivity contribution is -0.121. The molecule has 1 spiro atoms. The van der Waals surface area contributed by atoms with Gasteiger partial charge in [0.25, 0.3) is 0 Å². The van der Waals surface area contributed by atoms with E-state index in [1.807, 2.05) is 77.7 Å². The number of Topliss-reactive ketones (excluding diaryl/α,β-unsaturated/α-hetero) is 2. The lowest BCUT2D eigenvalue weighted by atomic mass is 9.64. The first kappa shape index (κ1) is 25.5. The normalized spacial score (nSPS) is 23.5. The minimum absolute atomic E-state index is 0.214. The molecule has 0 unspecified atom stereocenters. The molecule has 3 aliphatic rings. The highest BCUT2D eigenvalue weighted by atomic mass is 79.9. The van der Waals surface area contributed by atoms with Crippen LogP contribution in [0.3, 0.4) is 0 Å². The van der Waals surface area contributed by atoms with Gasteiger partial charge < -0.3 is 15.0 Å². The number of hydrogen-bond donors (Lipinski definition) is 1. The number of hydrogen-bond acceptors (Lipinski definition) is 5. The summed E-state index contributed by atoms with van der Waals surface area (Å²) < 4.78 is 6.17. The smallest absolute Gasteiger partial charge is 0.238 e. The van der Waals surface area contributed by atoms with Gasteiger partial charge in [0.15, 0.2) is 11.6 Å². The van der Waals surface area contributed by atoms with E-state index in [9.17, 15) is 14.4 Å². The number of nitrogens with zero attached hydrogens (tertiary/aromatic N) is 1. The molecule has 7 rings (SSSR count). The number of carbonyl (C=O) groups is 3. The molecule has 41 heavy (non-hydrogen) atoms. The topological polar surface area (TPSA) is 75.7 Å². The van der Waals surface area contributed by atoms with Gasteiger partial charge in [0.2, 0.25) is 5.91 Å². The van der Waals surface area contributed by atoms with Crippen molar-refractivity contribution in [2.24, 2.45) is 5.92 Å². The Balaban J connectivity index is 1.52. The number of rotatable bonds is 5. The number of halogens is 1. The highest BCUT2D eigenvalue weighted by Crippen LogP contribution is 2.58. The summed E-state index contributed by atoms with van der Waals surface area (Å²) >= 11 is 3.46. The lowest BCUT2D eigenvalue weighted by Gasteiger charge is -2.37. The third kappa shape index (κ3) is 3.65. The van der Waals surface area contributed by atoms with Gasteiger partial charge in [-0.1, -0.05) is 76.6 Å². The van der Waals surface area contributed by atoms with Gasteiger partial charge in [0, 0.05) is 27.0 Å². The molecule has 0 saturated carbocycles. The van der Waals surface area contributed by atoms with E-state index in [0.717, 1.165) is 21.3 Å². The molecule has 1 N–H and O–H groups in total. The van der Waals surface area contributed by atoms with Crippen LogP contribution in [-0.2, 0) is 10.2 Å². The van der Waals surface area contributed by atoms with Crippen LogP contribution in [0.4, 0.5) is 11.4 Å². The van der Waals surface area contributed by atoms with E-state index < -0.39 is 23.4 Å². The second kappa shape index (κ2) is 9.56. The van der Waals surface area contributed by atoms with Gasteiger partial charge in [-0.2, -0.15) is 0 Å². The van der Waals surface area contributed by atoms with Crippen molar-refractivity contribution >= 4 is 50.9 Å². The summed E-state index contributed by atoms with van der Waals surface area (Å²) in [7, 11) is 1.57. The predicted molar refractivity (Wildman–Crippen MR) is 162 cm³/mol. The lowest BCUT2D eigenvalue weighted by Crippen LogP contribution is -2.51. The Morgan fingerprint density at radius 2 is 1.51 bits per heavy atom. The fourth-order valence-electron chi connectivity index (χ4n) is 6.84. The minimum Gasteiger partial charge on any atom is -0.497 e. The molecule has 1 saturated heterocycles. The number of ether oxygens (including phenoxy) is 1. The number of anilines is 2. The third-order valence-corrected chi connectivity index (χ3v) is 9.12. The number of para-hydroxylation sites is 2. The van der Waals surface area contributed by atoms with Crippen molar-refractivity contribution in [3.05, 3.63) is 130 Å². The van der Waals surface area contributed by atoms with Crippen molar-refractivity contribution in [1.82, 2.24) is 0 Å². The van der Waals surface area contributed by atoms with E-state index in [1.54, 1.807) is 43.5 Å². The molecule has 0 aliphatic carbocycles. The van der Waals surface area contributed by atoms with Crippen LogP contribution in [0.15, 0.2) is 108 Å². The quantitative estimate of drug-likeness (QED) is 0.270. The number of carbonyl (C=O) groups excluding carboxylic acids is 3. The van der Waals surface area contributed by atoms with Gasteiger partial charge in [0.1, 0.15) is 17.2 Å². The maximum absolute atomic E-state index is 14.8. The molecule has 4 atom stereocenters. The van der Waals surface area contributed by atoms with Crippen LogP contribution in [0, 0.1) is 5.92 Å². The molecule has 1 fully saturated rings. The SMILES string of the molecule is COc1ccc(C(=O)[C@H]2[C@@H](C(=O)c3ccc(Br)cc3)N3c4ccccc4C=C[C@@H]3[C@]23C(=O)Nc2ccccc23)cc1. The molecule has 0 aromatic heterocycles. The van der Waals surface area contributed by atoms with E-state index in [4.69, 9.17) is 4.74 Å². The minimum atomic E-state index is -1.34. The third-order valence-electron chi connectivity index (χ3n) is 8.60. The highest BCUT2D eigenvalue weighted by Gasteiger charge is 2.70. The summed E-state index contributed by atoms with van der Waals surface area (Å²) in [5, 5.41) is 3.06. The van der Waals surface area contributed by atoms with Crippen LogP contribution in [0.25, 0.3) is 6.08 Å².